The third-order valence-electron chi connectivity index (χ3n) is 3.58. The predicted octanol–water partition coefficient (Wildman–Crippen LogP) is 3.89. The fourth-order valence-electron chi connectivity index (χ4n) is 2.38. The molecule has 4 aromatic rings. The van der Waals surface area contributed by atoms with Crippen molar-refractivity contribution in [3.63, 3.8) is 0 Å². The zero-order valence-corrected chi connectivity index (χ0v) is 15.9. The number of ether oxygens (including phenoxy) is 1. The van der Waals surface area contributed by atoms with E-state index in [-0.39, 0.29) is 6.42 Å². The number of H-pyrrole nitrogens is 1. The standard InChI is InChI=1S/C18H13N5O3S2/c24-16(25)9-12-10-27-18(19-12)28-15-8-11(17-20-22-23-21-17)6-7-14(15)26-13-4-2-1-3-5-13/h1-8,10H,9H2,(H,24,25)(H,20,21,22,23). The van der Waals surface area contributed by atoms with Crippen molar-refractivity contribution in [2.45, 2.75) is 15.7 Å². The van der Waals surface area contributed by atoms with Crippen molar-refractivity contribution in [2.75, 3.05) is 0 Å². The number of aromatic amines is 1. The number of thiazole rings is 1. The van der Waals surface area contributed by atoms with Crippen LogP contribution in [0.3, 0.4) is 0 Å². The highest BCUT2D eigenvalue weighted by Gasteiger charge is 2.14. The fraction of sp³-hybridized carbons (Fsp3) is 0.0556. The summed E-state index contributed by atoms with van der Waals surface area (Å²) in [5.41, 5.74) is 1.30. The molecule has 0 saturated carbocycles. The van der Waals surface area contributed by atoms with Gasteiger partial charge in [0.25, 0.3) is 0 Å². The van der Waals surface area contributed by atoms with Gasteiger partial charge in [0.2, 0.25) is 5.82 Å². The Morgan fingerprint density at radius 3 is 2.82 bits per heavy atom. The molecule has 0 unspecified atom stereocenters. The van der Waals surface area contributed by atoms with Gasteiger partial charge in [0.1, 0.15) is 11.5 Å². The topological polar surface area (TPSA) is 114 Å². The molecule has 0 aliphatic rings. The van der Waals surface area contributed by atoms with Crippen LogP contribution in [0.25, 0.3) is 11.4 Å². The number of carboxylic acids is 1. The van der Waals surface area contributed by atoms with Gasteiger partial charge in [0.15, 0.2) is 4.34 Å². The van der Waals surface area contributed by atoms with Crippen LogP contribution in [-0.4, -0.2) is 36.7 Å². The van der Waals surface area contributed by atoms with Crippen LogP contribution in [-0.2, 0) is 11.2 Å². The normalized spacial score (nSPS) is 10.7. The van der Waals surface area contributed by atoms with E-state index >= 15 is 0 Å². The number of carbonyl (C=O) groups is 1. The van der Waals surface area contributed by atoms with Gasteiger partial charge in [0, 0.05) is 10.9 Å². The van der Waals surface area contributed by atoms with Crippen LogP contribution in [0.4, 0.5) is 0 Å². The van der Waals surface area contributed by atoms with Gasteiger partial charge in [-0.05, 0) is 35.5 Å². The predicted molar refractivity (Wildman–Crippen MR) is 104 cm³/mol. The van der Waals surface area contributed by atoms with E-state index in [0.29, 0.717) is 23.0 Å². The first-order valence-corrected chi connectivity index (χ1v) is 9.82. The van der Waals surface area contributed by atoms with Crippen molar-refractivity contribution in [3.8, 4) is 22.9 Å². The molecule has 140 valence electrons. The first kappa shape index (κ1) is 18.1. The number of benzene rings is 2. The van der Waals surface area contributed by atoms with Gasteiger partial charge in [-0.3, -0.25) is 4.79 Å². The zero-order valence-electron chi connectivity index (χ0n) is 14.3. The van der Waals surface area contributed by atoms with E-state index in [1.807, 2.05) is 48.5 Å². The summed E-state index contributed by atoms with van der Waals surface area (Å²) in [4.78, 5) is 16.1. The van der Waals surface area contributed by atoms with E-state index in [2.05, 4.69) is 25.6 Å². The minimum atomic E-state index is -0.908. The lowest BCUT2D eigenvalue weighted by Gasteiger charge is -2.11. The second kappa shape index (κ2) is 8.19. The molecule has 4 rings (SSSR count). The van der Waals surface area contributed by atoms with Crippen molar-refractivity contribution < 1.29 is 14.6 Å². The lowest BCUT2D eigenvalue weighted by Crippen LogP contribution is -1.99. The number of nitrogens with one attached hydrogen (secondary N) is 1. The highest BCUT2D eigenvalue weighted by Crippen LogP contribution is 2.40. The molecular weight excluding hydrogens is 398 g/mol. The number of hydrogen-bond acceptors (Lipinski definition) is 8. The Balaban J connectivity index is 1.66. The van der Waals surface area contributed by atoms with Gasteiger partial charge in [-0.1, -0.05) is 30.0 Å². The average molecular weight is 411 g/mol. The van der Waals surface area contributed by atoms with E-state index in [4.69, 9.17) is 9.84 Å². The summed E-state index contributed by atoms with van der Waals surface area (Å²) in [6.45, 7) is 0. The molecule has 0 radical (unpaired) electrons. The van der Waals surface area contributed by atoms with Gasteiger partial charge in [-0.15, -0.1) is 21.5 Å². The number of carboxylic acid groups (broad SMARTS) is 1. The maximum atomic E-state index is 10.9. The molecule has 0 fully saturated rings. The Morgan fingerprint density at radius 1 is 1.21 bits per heavy atom. The molecular formula is C18H13N5O3S2. The Kier molecular flexibility index (Phi) is 5.31. The molecule has 0 amide bonds. The Labute approximate surface area is 167 Å². The molecule has 0 aliphatic carbocycles. The largest absolute Gasteiger partial charge is 0.481 e. The fourth-order valence-corrected chi connectivity index (χ4v) is 4.27. The highest BCUT2D eigenvalue weighted by molar-refractivity contribution is 8.01. The summed E-state index contributed by atoms with van der Waals surface area (Å²) in [6, 6.07) is 15.0. The van der Waals surface area contributed by atoms with Gasteiger partial charge >= 0.3 is 5.97 Å². The monoisotopic (exact) mass is 411 g/mol. The highest BCUT2D eigenvalue weighted by atomic mass is 32.2. The van der Waals surface area contributed by atoms with Crippen molar-refractivity contribution in [1.29, 1.82) is 0 Å². The summed E-state index contributed by atoms with van der Waals surface area (Å²) >= 11 is 2.78. The first-order valence-electron chi connectivity index (χ1n) is 8.12. The van der Waals surface area contributed by atoms with Crippen LogP contribution in [0.15, 0.2) is 63.1 Å². The summed E-state index contributed by atoms with van der Waals surface area (Å²) < 4.78 is 6.74. The minimum absolute atomic E-state index is 0.104. The Morgan fingerprint density at radius 2 is 2.07 bits per heavy atom. The minimum Gasteiger partial charge on any atom is -0.481 e. The number of nitrogens with zero attached hydrogens (tertiary/aromatic N) is 4. The van der Waals surface area contributed by atoms with Gasteiger partial charge in [-0.2, -0.15) is 5.21 Å². The van der Waals surface area contributed by atoms with Crippen molar-refractivity contribution in [2.24, 2.45) is 0 Å². The molecule has 0 aliphatic heterocycles. The molecule has 0 saturated heterocycles. The lowest BCUT2D eigenvalue weighted by atomic mass is 10.2. The van der Waals surface area contributed by atoms with E-state index in [1.165, 1.54) is 23.1 Å². The van der Waals surface area contributed by atoms with Gasteiger partial charge in [-0.25, -0.2) is 4.98 Å². The summed E-state index contributed by atoms with van der Waals surface area (Å²) in [7, 11) is 0. The number of hydrogen-bond donors (Lipinski definition) is 2. The lowest BCUT2D eigenvalue weighted by molar-refractivity contribution is -0.136. The molecule has 2 aromatic heterocycles. The van der Waals surface area contributed by atoms with E-state index in [1.54, 1.807) is 5.38 Å². The van der Waals surface area contributed by atoms with Crippen LogP contribution < -0.4 is 4.74 Å². The molecule has 10 heteroatoms. The number of aromatic nitrogens is 5. The number of rotatable bonds is 7. The second-order valence-corrected chi connectivity index (χ2v) is 7.74. The SMILES string of the molecule is O=C(O)Cc1csc(Sc2cc(-c3nn[nH]n3)ccc2Oc2ccccc2)n1. The third kappa shape index (κ3) is 4.35. The van der Waals surface area contributed by atoms with Crippen LogP contribution in [0.5, 0.6) is 11.5 Å². The smallest absolute Gasteiger partial charge is 0.309 e. The quantitative estimate of drug-likeness (QED) is 0.471. The summed E-state index contributed by atoms with van der Waals surface area (Å²) in [5.74, 6) is 0.925. The Bertz CT molecular complexity index is 1080. The maximum absolute atomic E-state index is 10.9. The average Bonchev–Trinajstić information content (AvgIpc) is 3.36. The van der Waals surface area contributed by atoms with Crippen molar-refractivity contribution in [3.05, 3.63) is 59.6 Å². The van der Waals surface area contributed by atoms with Gasteiger partial charge < -0.3 is 9.84 Å². The second-order valence-electron chi connectivity index (χ2n) is 5.59. The van der Waals surface area contributed by atoms with E-state index < -0.39 is 5.97 Å². The molecule has 28 heavy (non-hydrogen) atoms. The van der Waals surface area contributed by atoms with Crippen LogP contribution >= 0.6 is 23.1 Å². The number of para-hydroxylation sites is 1. The van der Waals surface area contributed by atoms with Crippen molar-refractivity contribution in [1.82, 2.24) is 25.6 Å². The van der Waals surface area contributed by atoms with Crippen molar-refractivity contribution >= 4 is 29.1 Å². The zero-order chi connectivity index (χ0) is 19.3. The summed E-state index contributed by atoms with van der Waals surface area (Å²) in [6.07, 6.45) is -0.104. The Hall–Kier alpha value is -3.24. The van der Waals surface area contributed by atoms with Gasteiger partial charge in [0.05, 0.1) is 17.0 Å². The molecule has 0 atom stereocenters. The van der Waals surface area contributed by atoms with Crippen LogP contribution in [0.2, 0.25) is 0 Å². The molecule has 0 spiro atoms. The first-order chi connectivity index (χ1) is 13.7. The molecule has 2 heterocycles. The molecule has 2 aromatic carbocycles. The number of aliphatic carboxylic acids is 1. The third-order valence-corrected chi connectivity index (χ3v) is 5.60. The maximum Gasteiger partial charge on any atom is 0.309 e. The van der Waals surface area contributed by atoms with Crippen LogP contribution in [0, 0.1) is 0 Å². The molecule has 0 bridgehead atoms. The van der Waals surface area contributed by atoms with E-state index in [9.17, 15) is 4.79 Å². The molecule has 2 N–H and O–H groups in total. The van der Waals surface area contributed by atoms with E-state index in [0.717, 1.165) is 14.8 Å². The summed E-state index contributed by atoms with van der Waals surface area (Å²) in [5, 5.41) is 24.7. The van der Waals surface area contributed by atoms with Crippen LogP contribution in [0.1, 0.15) is 5.69 Å². The number of tetrazole rings is 1. The molecule has 8 nitrogen and oxygen atoms in total.